The van der Waals surface area contributed by atoms with E-state index in [1.807, 2.05) is 19.2 Å². The normalized spacial score (nSPS) is 21.0. The first-order chi connectivity index (χ1) is 12.8. The van der Waals surface area contributed by atoms with Crippen LogP contribution in [0.25, 0.3) is 0 Å². The van der Waals surface area contributed by atoms with Crippen molar-refractivity contribution in [3.05, 3.63) is 41.5 Å². The van der Waals surface area contributed by atoms with Crippen molar-refractivity contribution in [2.45, 2.75) is 32.2 Å². The highest BCUT2D eigenvalue weighted by atomic mass is 15.4. The van der Waals surface area contributed by atoms with E-state index in [9.17, 15) is 0 Å². The van der Waals surface area contributed by atoms with Crippen LogP contribution in [0.2, 0.25) is 0 Å². The Morgan fingerprint density at radius 3 is 2.58 bits per heavy atom. The summed E-state index contributed by atoms with van der Waals surface area (Å²) < 4.78 is 0. The van der Waals surface area contributed by atoms with E-state index in [0.29, 0.717) is 6.04 Å². The topological polar surface area (TPSA) is 48.4 Å². The molecule has 6 nitrogen and oxygen atoms in total. The van der Waals surface area contributed by atoms with Gasteiger partial charge in [-0.3, -0.25) is 4.90 Å². The summed E-state index contributed by atoms with van der Waals surface area (Å²) in [5, 5.41) is 0. The van der Waals surface area contributed by atoms with Gasteiger partial charge in [-0.25, -0.2) is 15.0 Å². The second kappa shape index (κ2) is 6.50. The Hall–Kier alpha value is -2.21. The number of aryl methyl sites for hydroxylation is 2. The van der Waals surface area contributed by atoms with Gasteiger partial charge in [0.25, 0.3) is 0 Å². The maximum Gasteiger partial charge on any atom is 0.135 e. The van der Waals surface area contributed by atoms with Gasteiger partial charge in [0, 0.05) is 62.8 Å². The van der Waals surface area contributed by atoms with Crippen LogP contribution in [0.4, 0.5) is 11.6 Å². The van der Waals surface area contributed by atoms with Crippen molar-refractivity contribution in [2.75, 3.05) is 49.1 Å². The molecule has 0 radical (unpaired) electrons. The SMILES string of the molecule is Cc1nc2c(c(N3CC(N4CCN(c5ccccn5)CC4)C3)n1)CCC2. The van der Waals surface area contributed by atoms with Crippen molar-refractivity contribution in [3.63, 3.8) is 0 Å². The molecule has 136 valence electrons. The quantitative estimate of drug-likeness (QED) is 0.839. The van der Waals surface area contributed by atoms with Crippen molar-refractivity contribution in [3.8, 4) is 0 Å². The molecule has 6 heteroatoms. The minimum atomic E-state index is 0.660. The lowest BCUT2D eigenvalue weighted by atomic mass is 10.0. The number of aromatic nitrogens is 3. The Labute approximate surface area is 154 Å². The molecule has 0 amide bonds. The van der Waals surface area contributed by atoms with E-state index in [2.05, 4.69) is 36.8 Å². The van der Waals surface area contributed by atoms with E-state index in [4.69, 9.17) is 4.98 Å². The molecule has 1 aliphatic carbocycles. The molecular formula is C20H26N6. The van der Waals surface area contributed by atoms with Crippen LogP contribution in [0.5, 0.6) is 0 Å². The molecule has 0 saturated carbocycles. The van der Waals surface area contributed by atoms with E-state index in [0.717, 1.165) is 63.8 Å². The Morgan fingerprint density at radius 1 is 0.962 bits per heavy atom. The molecule has 2 aromatic heterocycles. The molecule has 26 heavy (non-hydrogen) atoms. The smallest absolute Gasteiger partial charge is 0.135 e. The van der Waals surface area contributed by atoms with Gasteiger partial charge in [-0.1, -0.05) is 6.07 Å². The lowest BCUT2D eigenvalue weighted by Gasteiger charge is -2.49. The molecule has 3 aliphatic rings. The highest BCUT2D eigenvalue weighted by Crippen LogP contribution is 2.32. The Kier molecular flexibility index (Phi) is 4.00. The second-order valence-corrected chi connectivity index (χ2v) is 7.64. The number of nitrogens with zero attached hydrogens (tertiary/aromatic N) is 6. The highest BCUT2D eigenvalue weighted by molar-refractivity contribution is 5.53. The van der Waals surface area contributed by atoms with E-state index < -0.39 is 0 Å². The molecule has 0 bridgehead atoms. The first kappa shape index (κ1) is 16.0. The monoisotopic (exact) mass is 350 g/mol. The first-order valence-electron chi connectivity index (χ1n) is 9.79. The van der Waals surface area contributed by atoms with Crippen LogP contribution in [0.1, 0.15) is 23.5 Å². The molecule has 0 N–H and O–H groups in total. The van der Waals surface area contributed by atoms with Gasteiger partial charge in [0.15, 0.2) is 0 Å². The third-order valence-electron chi connectivity index (χ3n) is 5.99. The number of piperazine rings is 1. The maximum atomic E-state index is 4.78. The molecule has 0 aromatic carbocycles. The Balaban J connectivity index is 1.20. The molecule has 2 saturated heterocycles. The zero-order chi connectivity index (χ0) is 17.5. The van der Waals surface area contributed by atoms with Crippen LogP contribution in [0.15, 0.2) is 24.4 Å². The zero-order valence-corrected chi connectivity index (χ0v) is 15.4. The number of hydrogen-bond donors (Lipinski definition) is 0. The Morgan fingerprint density at radius 2 is 1.81 bits per heavy atom. The summed E-state index contributed by atoms with van der Waals surface area (Å²) >= 11 is 0. The minimum Gasteiger partial charge on any atom is -0.354 e. The number of rotatable bonds is 3. The van der Waals surface area contributed by atoms with E-state index >= 15 is 0 Å². The van der Waals surface area contributed by atoms with Gasteiger partial charge in [0.2, 0.25) is 0 Å². The maximum absolute atomic E-state index is 4.78. The fraction of sp³-hybridized carbons (Fsp3) is 0.550. The van der Waals surface area contributed by atoms with E-state index in [-0.39, 0.29) is 0 Å². The van der Waals surface area contributed by atoms with Crippen molar-refractivity contribution in [1.82, 2.24) is 19.9 Å². The molecule has 2 aromatic rings. The lowest BCUT2D eigenvalue weighted by molar-refractivity contribution is 0.156. The number of hydrogen-bond acceptors (Lipinski definition) is 6. The predicted octanol–water partition coefficient (Wildman–Crippen LogP) is 1.68. The summed E-state index contributed by atoms with van der Waals surface area (Å²) in [5.41, 5.74) is 2.70. The van der Waals surface area contributed by atoms with Crippen LogP contribution < -0.4 is 9.80 Å². The largest absolute Gasteiger partial charge is 0.354 e. The lowest BCUT2D eigenvalue weighted by Crippen LogP contribution is -2.63. The fourth-order valence-electron chi connectivity index (χ4n) is 4.51. The third kappa shape index (κ3) is 2.82. The number of fused-ring (bicyclic) bond motifs is 1. The van der Waals surface area contributed by atoms with Gasteiger partial charge in [-0.05, 0) is 38.3 Å². The van der Waals surface area contributed by atoms with Gasteiger partial charge < -0.3 is 9.80 Å². The van der Waals surface area contributed by atoms with Crippen molar-refractivity contribution in [2.24, 2.45) is 0 Å². The van der Waals surface area contributed by atoms with E-state index in [1.54, 1.807) is 0 Å². The van der Waals surface area contributed by atoms with Gasteiger partial charge >= 0.3 is 0 Å². The summed E-state index contributed by atoms with van der Waals surface area (Å²) in [5.74, 6) is 3.25. The van der Waals surface area contributed by atoms with Crippen LogP contribution in [0, 0.1) is 6.92 Å². The Bertz CT molecular complexity index is 778. The minimum absolute atomic E-state index is 0.660. The highest BCUT2D eigenvalue weighted by Gasteiger charge is 2.36. The summed E-state index contributed by atoms with van der Waals surface area (Å²) in [6.45, 7) is 8.60. The van der Waals surface area contributed by atoms with E-state index in [1.165, 1.54) is 23.5 Å². The van der Waals surface area contributed by atoms with Gasteiger partial charge in [0.05, 0.1) is 0 Å². The molecule has 2 aliphatic heterocycles. The van der Waals surface area contributed by atoms with Crippen LogP contribution in [-0.4, -0.2) is 65.2 Å². The summed E-state index contributed by atoms with van der Waals surface area (Å²) in [6, 6.07) is 6.82. The van der Waals surface area contributed by atoms with Crippen LogP contribution in [0.3, 0.4) is 0 Å². The summed E-state index contributed by atoms with van der Waals surface area (Å²) in [6.07, 6.45) is 5.38. The molecule has 5 rings (SSSR count). The predicted molar refractivity (Wildman–Crippen MR) is 103 cm³/mol. The van der Waals surface area contributed by atoms with Crippen LogP contribution >= 0.6 is 0 Å². The fourth-order valence-corrected chi connectivity index (χ4v) is 4.51. The zero-order valence-electron chi connectivity index (χ0n) is 15.4. The number of anilines is 2. The summed E-state index contributed by atoms with van der Waals surface area (Å²) in [7, 11) is 0. The average molecular weight is 350 g/mol. The molecule has 2 fully saturated rings. The molecule has 0 atom stereocenters. The third-order valence-corrected chi connectivity index (χ3v) is 5.99. The summed E-state index contributed by atoms with van der Waals surface area (Å²) in [4.78, 5) is 21.4. The molecular weight excluding hydrogens is 324 g/mol. The van der Waals surface area contributed by atoms with Gasteiger partial charge in [0.1, 0.15) is 17.5 Å². The standard InChI is InChI=1S/C20H26N6/c1-15-22-18-6-4-5-17(18)20(23-15)26-13-16(14-26)24-9-11-25(12-10-24)19-7-2-3-8-21-19/h2-3,7-8,16H,4-6,9-14H2,1H3. The van der Waals surface area contributed by atoms with Crippen molar-refractivity contribution in [1.29, 1.82) is 0 Å². The van der Waals surface area contributed by atoms with Crippen molar-refractivity contribution >= 4 is 11.6 Å². The van der Waals surface area contributed by atoms with Crippen LogP contribution in [-0.2, 0) is 12.8 Å². The second-order valence-electron chi connectivity index (χ2n) is 7.64. The average Bonchev–Trinajstić information content (AvgIpc) is 3.10. The molecule has 4 heterocycles. The van der Waals surface area contributed by atoms with Gasteiger partial charge in [-0.2, -0.15) is 0 Å². The van der Waals surface area contributed by atoms with Crippen molar-refractivity contribution < 1.29 is 0 Å². The number of pyridine rings is 1. The first-order valence-corrected chi connectivity index (χ1v) is 9.79. The molecule has 0 spiro atoms. The molecule has 0 unspecified atom stereocenters. The van der Waals surface area contributed by atoms with Gasteiger partial charge in [-0.15, -0.1) is 0 Å².